The minimum absolute atomic E-state index is 0.881. The van der Waals surface area contributed by atoms with E-state index in [2.05, 4.69) is 5.32 Å². The van der Waals surface area contributed by atoms with Gasteiger partial charge < -0.3 is 144 Å². The molecule has 6 fully saturated rings. The summed E-state index contributed by atoms with van der Waals surface area (Å²) in [5.74, 6) is -0.881. The zero-order valence-electron chi connectivity index (χ0n) is 36.7. The molecular formula is C38H65NO29. The largest absolute Gasteiger partial charge is 0.394 e. The molecule has 0 bridgehead atoms. The van der Waals surface area contributed by atoms with Crippen LogP contribution in [0.1, 0.15) is 20.8 Å². The van der Waals surface area contributed by atoms with Gasteiger partial charge in [-0.2, -0.15) is 0 Å². The van der Waals surface area contributed by atoms with Crippen LogP contribution in [0.5, 0.6) is 0 Å². The van der Waals surface area contributed by atoms with Crippen LogP contribution in [-0.2, 0) is 56.9 Å². The zero-order valence-corrected chi connectivity index (χ0v) is 36.7. The highest BCUT2D eigenvalue weighted by atomic mass is 16.8. The predicted molar refractivity (Wildman–Crippen MR) is 208 cm³/mol. The number of aliphatic hydroxyl groups excluding tert-OH is 17. The van der Waals surface area contributed by atoms with Crippen LogP contribution in [0.4, 0.5) is 0 Å². The highest BCUT2D eigenvalue weighted by Gasteiger charge is 2.59. The Balaban J connectivity index is 1.38. The summed E-state index contributed by atoms with van der Waals surface area (Å²) in [7, 11) is 0. The molecule has 0 radical (unpaired) electrons. The van der Waals surface area contributed by atoms with Gasteiger partial charge in [0.25, 0.3) is 0 Å². The topological polar surface area (TPSA) is 475 Å². The summed E-state index contributed by atoms with van der Waals surface area (Å²) in [5, 5.41) is 184. The molecule has 30 heteroatoms. The van der Waals surface area contributed by atoms with Crippen LogP contribution in [-0.4, -0.2) is 303 Å². The van der Waals surface area contributed by atoms with E-state index in [0.717, 1.165) is 6.92 Å². The Kier molecular flexibility index (Phi) is 19.2. The van der Waals surface area contributed by atoms with Crippen LogP contribution in [0.15, 0.2) is 0 Å². The minimum atomic E-state index is -2.08. The molecule has 30 nitrogen and oxygen atoms in total. The lowest BCUT2D eigenvalue weighted by Gasteiger charge is -2.52. The Bertz CT molecular complexity index is 1590. The molecule has 0 saturated carbocycles. The number of nitrogens with one attached hydrogen (secondary N) is 1. The van der Waals surface area contributed by atoms with Crippen molar-refractivity contribution in [3.05, 3.63) is 0 Å². The van der Waals surface area contributed by atoms with E-state index in [9.17, 15) is 91.6 Å². The van der Waals surface area contributed by atoms with E-state index in [1.165, 1.54) is 13.8 Å². The Morgan fingerprint density at radius 1 is 0.382 bits per heavy atom. The van der Waals surface area contributed by atoms with Gasteiger partial charge in [-0.3, -0.25) is 4.79 Å². The van der Waals surface area contributed by atoms with Gasteiger partial charge in [0.2, 0.25) is 5.91 Å². The fraction of sp³-hybridized carbons (Fsp3) is 0.974. The molecule has 0 spiro atoms. The van der Waals surface area contributed by atoms with Crippen molar-refractivity contribution in [3.63, 3.8) is 0 Å². The monoisotopic (exact) mass is 999 g/mol. The van der Waals surface area contributed by atoms with E-state index in [1.807, 2.05) is 0 Å². The third-order valence-corrected chi connectivity index (χ3v) is 12.8. The van der Waals surface area contributed by atoms with Crippen LogP contribution in [0.3, 0.4) is 0 Å². The van der Waals surface area contributed by atoms with Crippen LogP contribution in [0, 0.1) is 0 Å². The van der Waals surface area contributed by atoms with E-state index in [0.29, 0.717) is 0 Å². The second-order valence-corrected chi connectivity index (χ2v) is 17.5. The van der Waals surface area contributed by atoms with Gasteiger partial charge >= 0.3 is 0 Å². The summed E-state index contributed by atoms with van der Waals surface area (Å²) in [6.45, 7) is -0.384. The molecule has 1 amide bonds. The highest BCUT2D eigenvalue weighted by Crippen LogP contribution is 2.38. The normalized spacial score (nSPS) is 52.6. The summed E-state index contributed by atoms with van der Waals surface area (Å²) < 4.78 is 64.0. The number of hydrogen-bond donors (Lipinski definition) is 18. The van der Waals surface area contributed by atoms with E-state index < -0.39 is 217 Å². The van der Waals surface area contributed by atoms with E-state index in [-0.39, 0.29) is 0 Å². The molecule has 396 valence electrons. The number of rotatable bonds is 15. The molecule has 0 aromatic rings. The lowest BCUT2D eigenvalue weighted by atomic mass is 9.94. The first-order valence-electron chi connectivity index (χ1n) is 21.8. The van der Waals surface area contributed by atoms with Gasteiger partial charge in [0, 0.05) is 6.92 Å². The number of aliphatic hydroxyl groups is 17. The Labute approximate surface area is 386 Å². The lowest BCUT2D eigenvalue weighted by Crippen LogP contribution is -2.71. The summed E-state index contributed by atoms with van der Waals surface area (Å²) in [5.41, 5.74) is 0. The molecule has 0 aliphatic carbocycles. The van der Waals surface area contributed by atoms with Crippen LogP contribution >= 0.6 is 0 Å². The number of carbonyl (C=O) groups excluding carboxylic acids is 1. The molecule has 6 heterocycles. The van der Waals surface area contributed by atoms with E-state index >= 15 is 0 Å². The highest BCUT2D eigenvalue weighted by molar-refractivity contribution is 5.73. The van der Waals surface area contributed by atoms with Crippen molar-refractivity contribution in [1.29, 1.82) is 0 Å². The van der Waals surface area contributed by atoms with Gasteiger partial charge in [0.05, 0.1) is 38.6 Å². The number of carbonyl (C=O) groups is 1. The fourth-order valence-electron chi connectivity index (χ4n) is 8.76. The molecule has 6 saturated heterocycles. The first-order valence-corrected chi connectivity index (χ1v) is 21.8. The summed E-state index contributed by atoms with van der Waals surface area (Å²) in [4.78, 5) is 12.9. The molecule has 0 aromatic carbocycles. The van der Waals surface area contributed by atoms with Gasteiger partial charge in [-0.1, -0.05) is 0 Å². The SMILES string of the molecule is CC(=O)N[C@H]1[C@@H](O[C@H]2[C@@H](O)[C@@H](CO)O[C@@H](O[C@H]3[C@H](O)[C@@H](O)[C@H](O)O[C@@H]3CO)[C@@H]2O[C@@H]2O[C@@H](C)[C@@H](O)[C@@H](O)[C@@H]2O)O[C@H](CO)[C@H](O)[C@@H]1O[C@@H]1O[C@H](CO)[C@H](O)[C@H](O)[C@H]1O[C@@H]1O[C@@H](C)[C@@H](O)[C@@H](O)[C@@H]1O. The molecule has 18 N–H and O–H groups in total. The van der Waals surface area contributed by atoms with Crippen molar-refractivity contribution in [2.45, 2.75) is 205 Å². The first kappa shape index (κ1) is 55.7. The van der Waals surface area contributed by atoms with E-state index in [4.69, 9.17) is 52.1 Å². The van der Waals surface area contributed by atoms with Crippen LogP contribution in [0.25, 0.3) is 0 Å². The molecule has 30 atom stereocenters. The maximum atomic E-state index is 12.9. The Morgan fingerprint density at radius 2 is 0.779 bits per heavy atom. The summed E-state index contributed by atoms with van der Waals surface area (Å²) >= 11 is 0. The second-order valence-electron chi connectivity index (χ2n) is 17.5. The van der Waals surface area contributed by atoms with Crippen molar-refractivity contribution in [3.8, 4) is 0 Å². The van der Waals surface area contributed by atoms with Gasteiger partial charge in [-0.25, -0.2) is 0 Å². The Morgan fingerprint density at radius 3 is 1.28 bits per heavy atom. The fourth-order valence-corrected chi connectivity index (χ4v) is 8.76. The number of hydrogen-bond acceptors (Lipinski definition) is 29. The van der Waals surface area contributed by atoms with Crippen molar-refractivity contribution >= 4 is 5.91 Å². The van der Waals surface area contributed by atoms with Gasteiger partial charge in [0.1, 0.15) is 134 Å². The smallest absolute Gasteiger partial charge is 0.217 e. The molecule has 6 aliphatic rings. The second kappa shape index (κ2) is 23.5. The minimum Gasteiger partial charge on any atom is -0.394 e. The van der Waals surface area contributed by atoms with Gasteiger partial charge in [0.15, 0.2) is 37.7 Å². The van der Waals surface area contributed by atoms with Crippen molar-refractivity contribution in [1.82, 2.24) is 5.32 Å². The Hall–Kier alpha value is -1.65. The maximum Gasteiger partial charge on any atom is 0.217 e. The molecule has 68 heavy (non-hydrogen) atoms. The number of ether oxygens (including phenoxy) is 11. The molecule has 0 unspecified atom stereocenters. The third kappa shape index (κ3) is 11.4. The quantitative estimate of drug-likeness (QED) is 0.0724. The molecular weight excluding hydrogens is 934 g/mol. The maximum absolute atomic E-state index is 12.9. The molecule has 0 aromatic heterocycles. The van der Waals surface area contributed by atoms with Crippen LogP contribution < -0.4 is 5.32 Å². The molecule has 6 rings (SSSR count). The molecule has 6 aliphatic heterocycles. The van der Waals surface area contributed by atoms with Crippen molar-refractivity contribution in [2.24, 2.45) is 0 Å². The van der Waals surface area contributed by atoms with Gasteiger partial charge in [-0.05, 0) is 13.8 Å². The van der Waals surface area contributed by atoms with Gasteiger partial charge in [-0.15, -0.1) is 0 Å². The summed E-state index contributed by atoms with van der Waals surface area (Å²) in [6.07, 6.45) is -54.2. The van der Waals surface area contributed by atoms with Crippen LogP contribution in [0.2, 0.25) is 0 Å². The average molecular weight is 1000 g/mol. The third-order valence-electron chi connectivity index (χ3n) is 12.8. The lowest BCUT2D eigenvalue weighted by molar-refractivity contribution is -0.405. The van der Waals surface area contributed by atoms with Crippen molar-refractivity contribution < 1.29 is 144 Å². The van der Waals surface area contributed by atoms with Crippen molar-refractivity contribution in [2.75, 3.05) is 26.4 Å². The summed E-state index contributed by atoms with van der Waals surface area (Å²) in [6, 6.07) is -1.83. The average Bonchev–Trinajstić information content (AvgIpc) is 3.31. The standard InChI is InChI=1S/C38H65NO29/c1-8-16(45)21(50)26(55)35(58-8)67-31-23(52)18(47)11(4-40)62-37(31)65-29-15(39-10(3)44)34(61-12(5-41)19(29)48)66-30-20(49)13(6-42)63-38(64-28-14(7-43)60-33(57)25(54)24(28)53)32(30)68-36-27(56)22(51)17(46)9(2)59-36/h8-9,11-38,40-43,45-57H,4-7H2,1-3H3,(H,39,44)/t8-,9-,11+,12+,13+,14+,15+,16+,17+,18-,19-,20-,21+,22+,23-,24+,25+,26-,27-,28+,29+,30-,31+,32+,33+,34+,35-,36-,37-,38-/m0/s1. The predicted octanol–water partition coefficient (Wildman–Crippen LogP) is -11.9. The number of amides is 1. The zero-order chi connectivity index (χ0) is 50.2. The first-order chi connectivity index (χ1) is 32.1. The van der Waals surface area contributed by atoms with E-state index in [1.54, 1.807) is 0 Å².